The first-order valence-corrected chi connectivity index (χ1v) is 4.43. The molecule has 2 atom stereocenters. The van der Waals surface area contributed by atoms with Gasteiger partial charge in [0.15, 0.2) is 0 Å². The average Bonchev–Trinajstić information content (AvgIpc) is 2.15. The fourth-order valence-electron chi connectivity index (χ4n) is 1.20. The quantitative estimate of drug-likeness (QED) is 0.800. The summed E-state index contributed by atoms with van der Waals surface area (Å²) in [7, 11) is 0. The van der Waals surface area contributed by atoms with Crippen molar-refractivity contribution in [3.05, 3.63) is 35.4 Å². The molecule has 3 N–H and O–H groups in total. The van der Waals surface area contributed by atoms with Gasteiger partial charge in [-0.1, -0.05) is 12.1 Å². The van der Waals surface area contributed by atoms with E-state index >= 15 is 0 Å². The lowest BCUT2D eigenvalue weighted by molar-refractivity contribution is -0.137. The SMILES string of the molecule is CC(N)C(O)c1cccc(C(F)(F)F)c1. The summed E-state index contributed by atoms with van der Waals surface area (Å²) in [6.45, 7) is 1.53. The van der Waals surface area contributed by atoms with Crippen molar-refractivity contribution in [2.45, 2.75) is 25.2 Å². The number of hydrogen-bond acceptors (Lipinski definition) is 2. The lowest BCUT2D eigenvalue weighted by Gasteiger charge is -2.16. The first kappa shape index (κ1) is 12.0. The first-order chi connectivity index (χ1) is 6.82. The number of aliphatic hydroxyl groups is 1. The average molecular weight is 219 g/mol. The topological polar surface area (TPSA) is 46.2 Å². The molecule has 0 saturated heterocycles. The first-order valence-electron chi connectivity index (χ1n) is 4.43. The Hall–Kier alpha value is -1.07. The second-order valence-electron chi connectivity index (χ2n) is 3.43. The number of rotatable bonds is 2. The molecule has 0 radical (unpaired) electrons. The van der Waals surface area contributed by atoms with Crippen LogP contribution in [0.25, 0.3) is 0 Å². The van der Waals surface area contributed by atoms with Gasteiger partial charge in [-0.2, -0.15) is 13.2 Å². The van der Waals surface area contributed by atoms with E-state index in [9.17, 15) is 18.3 Å². The Balaban J connectivity index is 3.03. The van der Waals surface area contributed by atoms with E-state index in [0.717, 1.165) is 12.1 Å². The van der Waals surface area contributed by atoms with Crippen LogP contribution in [0.15, 0.2) is 24.3 Å². The Morgan fingerprint density at radius 3 is 2.40 bits per heavy atom. The zero-order valence-electron chi connectivity index (χ0n) is 8.12. The molecule has 0 fully saturated rings. The standard InChI is InChI=1S/C10H12F3NO/c1-6(14)9(15)7-3-2-4-8(5-7)10(11,12)13/h2-6,9,15H,14H2,1H3. The Kier molecular flexibility index (Phi) is 3.36. The molecular formula is C10H12F3NO. The van der Waals surface area contributed by atoms with Gasteiger partial charge in [0.1, 0.15) is 0 Å². The van der Waals surface area contributed by atoms with E-state index in [1.54, 1.807) is 0 Å². The summed E-state index contributed by atoms with van der Waals surface area (Å²) in [6.07, 6.45) is -5.47. The third kappa shape index (κ3) is 2.94. The minimum Gasteiger partial charge on any atom is -0.387 e. The van der Waals surface area contributed by atoms with Crippen molar-refractivity contribution >= 4 is 0 Å². The molecule has 0 bridgehead atoms. The molecule has 1 aromatic carbocycles. The zero-order chi connectivity index (χ0) is 11.6. The molecule has 0 heterocycles. The summed E-state index contributed by atoms with van der Waals surface area (Å²) in [4.78, 5) is 0. The van der Waals surface area contributed by atoms with Crippen LogP contribution < -0.4 is 5.73 Å². The molecule has 0 aromatic heterocycles. The molecule has 0 saturated carbocycles. The van der Waals surface area contributed by atoms with E-state index in [1.165, 1.54) is 19.1 Å². The summed E-state index contributed by atoms with van der Waals surface area (Å²) in [5, 5.41) is 9.50. The van der Waals surface area contributed by atoms with Gasteiger partial charge in [0.25, 0.3) is 0 Å². The van der Waals surface area contributed by atoms with E-state index in [0.29, 0.717) is 0 Å². The fourth-order valence-corrected chi connectivity index (χ4v) is 1.20. The van der Waals surface area contributed by atoms with E-state index in [-0.39, 0.29) is 5.56 Å². The molecular weight excluding hydrogens is 207 g/mol. The third-order valence-corrected chi connectivity index (χ3v) is 2.05. The van der Waals surface area contributed by atoms with Gasteiger partial charge >= 0.3 is 6.18 Å². The van der Waals surface area contributed by atoms with Crippen LogP contribution in [0, 0.1) is 0 Å². The van der Waals surface area contributed by atoms with Crippen LogP contribution in [0.1, 0.15) is 24.2 Å². The third-order valence-electron chi connectivity index (χ3n) is 2.05. The predicted octanol–water partition coefficient (Wildman–Crippen LogP) is 2.09. The van der Waals surface area contributed by atoms with Crippen molar-refractivity contribution in [1.29, 1.82) is 0 Å². The van der Waals surface area contributed by atoms with E-state index < -0.39 is 23.9 Å². The summed E-state index contributed by atoms with van der Waals surface area (Å²) in [5.74, 6) is 0. The van der Waals surface area contributed by atoms with Crippen LogP contribution in [-0.2, 0) is 6.18 Å². The Morgan fingerprint density at radius 1 is 1.33 bits per heavy atom. The molecule has 0 aliphatic carbocycles. The van der Waals surface area contributed by atoms with E-state index in [1.807, 2.05) is 0 Å². The Labute approximate surface area is 85.5 Å². The molecule has 5 heteroatoms. The lowest BCUT2D eigenvalue weighted by Crippen LogP contribution is -2.24. The second kappa shape index (κ2) is 4.20. The molecule has 1 aromatic rings. The van der Waals surface area contributed by atoms with Gasteiger partial charge in [0.05, 0.1) is 11.7 Å². The van der Waals surface area contributed by atoms with Gasteiger partial charge in [0, 0.05) is 6.04 Å². The minimum absolute atomic E-state index is 0.180. The number of halogens is 3. The number of alkyl halides is 3. The van der Waals surface area contributed by atoms with Gasteiger partial charge in [0.2, 0.25) is 0 Å². The smallest absolute Gasteiger partial charge is 0.387 e. The highest BCUT2D eigenvalue weighted by Gasteiger charge is 2.31. The van der Waals surface area contributed by atoms with Crippen LogP contribution in [0.3, 0.4) is 0 Å². The molecule has 15 heavy (non-hydrogen) atoms. The number of nitrogens with two attached hydrogens (primary N) is 1. The van der Waals surface area contributed by atoms with Gasteiger partial charge in [-0.15, -0.1) is 0 Å². The van der Waals surface area contributed by atoms with Gasteiger partial charge in [-0.05, 0) is 24.6 Å². The molecule has 0 spiro atoms. The van der Waals surface area contributed by atoms with Crippen molar-refractivity contribution < 1.29 is 18.3 Å². The Morgan fingerprint density at radius 2 is 1.93 bits per heavy atom. The van der Waals surface area contributed by atoms with Gasteiger partial charge < -0.3 is 10.8 Å². The van der Waals surface area contributed by atoms with E-state index in [2.05, 4.69) is 0 Å². The summed E-state index contributed by atoms with van der Waals surface area (Å²) >= 11 is 0. The minimum atomic E-state index is -4.40. The van der Waals surface area contributed by atoms with Crippen LogP contribution in [-0.4, -0.2) is 11.1 Å². The summed E-state index contributed by atoms with van der Waals surface area (Å²) in [5.41, 5.74) is 4.80. The Bertz CT molecular complexity index is 336. The van der Waals surface area contributed by atoms with Crippen LogP contribution in [0.4, 0.5) is 13.2 Å². The second-order valence-corrected chi connectivity index (χ2v) is 3.43. The highest BCUT2D eigenvalue weighted by atomic mass is 19.4. The monoisotopic (exact) mass is 219 g/mol. The van der Waals surface area contributed by atoms with Crippen LogP contribution in [0.5, 0.6) is 0 Å². The maximum Gasteiger partial charge on any atom is 0.416 e. The molecule has 0 aliphatic heterocycles. The highest BCUT2D eigenvalue weighted by molar-refractivity contribution is 5.27. The molecule has 1 rings (SSSR count). The van der Waals surface area contributed by atoms with Gasteiger partial charge in [-0.25, -0.2) is 0 Å². The van der Waals surface area contributed by atoms with Crippen LogP contribution in [0.2, 0.25) is 0 Å². The van der Waals surface area contributed by atoms with E-state index in [4.69, 9.17) is 5.73 Å². The van der Waals surface area contributed by atoms with Crippen molar-refractivity contribution in [2.24, 2.45) is 5.73 Å². The normalized spacial score (nSPS) is 16.1. The van der Waals surface area contributed by atoms with Crippen molar-refractivity contribution in [3.63, 3.8) is 0 Å². The zero-order valence-corrected chi connectivity index (χ0v) is 8.12. The molecule has 2 unspecified atom stereocenters. The fraction of sp³-hybridized carbons (Fsp3) is 0.400. The maximum absolute atomic E-state index is 12.3. The molecule has 0 aliphatic rings. The molecule has 84 valence electrons. The van der Waals surface area contributed by atoms with Crippen molar-refractivity contribution in [1.82, 2.24) is 0 Å². The summed E-state index contributed by atoms with van der Waals surface area (Å²) in [6, 6.07) is 3.94. The maximum atomic E-state index is 12.3. The van der Waals surface area contributed by atoms with Crippen molar-refractivity contribution in [2.75, 3.05) is 0 Å². The largest absolute Gasteiger partial charge is 0.416 e. The van der Waals surface area contributed by atoms with Crippen molar-refractivity contribution in [3.8, 4) is 0 Å². The van der Waals surface area contributed by atoms with Gasteiger partial charge in [-0.3, -0.25) is 0 Å². The number of aliphatic hydroxyl groups excluding tert-OH is 1. The van der Waals surface area contributed by atoms with Crippen LogP contribution >= 0.6 is 0 Å². The summed E-state index contributed by atoms with van der Waals surface area (Å²) < 4.78 is 37.0. The molecule has 2 nitrogen and oxygen atoms in total. The highest BCUT2D eigenvalue weighted by Crippen LogP contribution is 2.31. The lowest BCUT2D eigenvalue weighted by atomic mass is 10.0. The number of hydrogen-bond donors (Lipinski definition) is 2. The number of benzene rings is 1. The molecule has 0 amide bonds. The predicted molar refractivity (Wildman–Crippen MR) is 50.1 cm³/mol.